The van der Waals surface area contributed by atoms with Gasteiger partial charge in [-0.25, -0.2) is 0 Å². The van der Waals surface area contributed by atoms with Gasteiger partial charge in [-0.1, -0.05) is 19.8 Å². The van der Waals surface area contributed by atoms with E-state index >= 15 is 0 Å². The van der Waals surface area contributed by atoms with Crippen LogP contribution in [0.25, 0.3) is 0 Å². The molecule has 1 heterocycles. The van der Waals surface area contributed by atoms with Gasteiger partial charge in [-0.05, 0) is 18.4 Å². The largest absolute Gasteiger partial charge is 0.469 e. The molecule has 0 amide bonds. The molecule has 1 aromatic rings. The van der Waals surface area contributed by atoms with Crippen molar-refractivity contribution < 1.29 is 4.42 Å². The number of nitrogens with two attached hydrogens (primary N) is 1. The van der Waals surface area contributed by atoms with Crippen molar-refractivity contribution in [3.63, 3.8) is 0 Å². The SMILES string of the molecule is CCc1occc1C(N)CC1CC1. The molecule has 0 spiro atoms. The summed E-state index contributed by atoms with van der Waals surface area (Å²) >= 11 is 0. The minimum Gasteiger partial charge on any atom is -0.469 e. The van der Waals surface area contributed by atoms with E-state index in [1.807, 2.05) is 6.07 Å². The molecule has 13 heavy (non-hydrogen) atoms. The van der Waals surface area contributed by atoms with E-state index in [-0.39, 0.29) is 6.04 Å². The van der Waals surface area contributed by atoms with Crippen LogP contribution in [0.5, 0.6) is 0 Å². The van der Waals surface area contributed by atoms with E-state index in [0.29, 0.717) is 0 Å². The van der Waals surface area contributed by atoms with Crippen LogP contribution >= 0.6 is 0 Å². The molecule has 1 fully saturated rings. The summed E-state index contributed by atoms with van der Waals surface area (Å²) in [5, 5.41) is 0. The lowest BCUT2D eigenvalue weighted by Gasteiger charge is -2.09. The maximum absolute atomic E-state index is 6.10. The third-order valence-corrected chi connectivity index (χ3v) is 2.78. The lowest BCUT2D eigenvalue weighted by Crippen LogP contribution is -2.11. The molecule has 2 nitrogen and oxygen atoms in total. The van der Waals surface area contributed by atoms with Crippen LogP contribution in [0.3, 0.4) is 0 Å². The quantitative estimate of drug-likeness (QED) is 0.771. The summed E-state index contributed by atoms with van der Waals surface area (Å²) < 4.78 is 5.36. The fourth-order valence-electron chi connectivity index (χ4n) is 1.81. The Morgan fingerprint density at radius 2 is 2.38 bits per heavy atom. The lowest BCUT2D eigenvalue weighted by molar-refractivity contribution is 0.498. The average molecular weight is 179 g/mol. The first-order chi connectivity index (χ1) is 6.31. The van der Waals surface area contributed by atoms with Crippen LogP contribution in [0.4, 0.5) is 0 Å². The number of hydrogen-bond acceptors (Lipinski definition) is 2. The van der Waals surface area contributed by atoms with Gasteiger partial charge in [-0.15, -0.1) is 0 Å². The third kappa shape index (κ3) is 1.94. The van der Waals surface area contributed by atoms with E-state index in [0.717, 1.165) is 24.5 Å². The third-order valence-electron chi connectivity index (χ3n) is 2.78. The minimum absolute atomic E-state index is 0.196. The maximum atomic E-state index is 6.10. The first-order valence-corrected chi connectivity index (χ1v) is 5.13. The van der Waals surface area contributed by atoms with Gasteiger partial charge in [-0.3, -0.25) is 0 Å². The Bertz CT molecular complexity index is 275. The molecule has 2 heteroatoms. The van der Waals surface area contributed by atoms with Crippen LogP contribution in [-0.4, -0.2) is 0 Å². The summed E-state index contributed by atoms with van der Waals surface area (Å²) in [6.07, 6.45) is 6.56. The fourth-order valence-corrected chi connectivity index (χ4v) is 1.81. The molecule has 1 aliphatic carbocycles. The van der Waals surface area contributed by atoms with Gasteiger partial charge in [0.25, 0.3) is 0 Å². The molecule has 1 atom stereocenters. The first kappa shape index (κ1) is 8.82. The molecule has 0 radical (unpaired) electrons. The Morgan fingerprint density at radius 1 is 1.62 bits per heavy atom. The highest BCUT2D eigenvalue weighted by Crippen LogP contribution is 2.37. The van der Waals surface area contributed by atoms with Gasteiger partial charge >= 0.3 is 0 Å². The average Bonchev–Trinajstić information content (AvgIpc) is 2.82. The molecule has 1 aromatic heterocycles. The van der Waals surface area contributed by atoms with E-state index in [1.54, 1.807) is 6.26 Å². The van der Waals surface area contributed by atoms with E-state index in [2.05, 4.69) is 6.92 Å². The molecule has 72 valence electrons. The number of aryl methyl sites for hydroxylation is 1. The zero-order chi connectivity index (χ0) is 9.26. The molecule has 1 aliphatic rings. The molecule has 1 unspecified atom stereocenters. The molecule has 1 saturated carbocycles. The highest BCUT2D eigenvalue weighted by atomic mass is 16.3. The van der Waals surface area contributed by atoms with Crippen molar-refractivity contribution in [2.45, 2.75) is 38.6 Å². The molecule has 0 aromatic carbocycles. The van der Waals surface area contributed by atoms with Crippen LogP contribution in [0, 0.1) is 5.92 Å². The van der Waals surface area contributed by atoms with Gasteiger partial charge in [0.15, 0.2) is 0 Å². The van der Waals surface area contributed by atoms with Crippen LogP contribution in [-0.2, 0) is 6.42 Å². The van der Waals surface area contributed by atoms with Crippen LogP contribution < -0.4 is 5.73 Å². The van der Waals surface area contributed by atoms with Crippen molar-refractivity contribution in [2.24, 2.45) is 11.7 Å². The van der Waals surface area contributed by atoms with Gasteiger partial charge in [0, 0.05) is 18.0 Å². The Balaban J connectivity index is 2.04. The van der Waals surface area contributed by atoms with Crippen molar-refractivity contribution in [3.05, 3.63) is 23.7 Å². The molecule has 0 bridgehead atoms. The van der Waals surface area contributed by atoms with Gasteiger partial charge in [0.05, 0.1) is 6.26 Å². The lowest BCUT2D eigenvalue weighted by atomic mass is 10.0. The molecular formula is C11H17NO. The van der Waals surface area contributed by atoms with Gasteiger partial charge in [-0.2, -0.15) is 0 Å². The Morgan fingerprint density at radius 3 is 3.00 bits per heavy atom. The monoisotopic (exact) mass is 179 g/mol. The summed E-state index contributed by atoms with van der Waals surface area (Å²) in [4.78, 5) is 0. The minimum atomic E-state index is 0.196. The molecule has 2 rings (SSSR count). The number of hydrogen-bond donors (Lipinski definition) is 1. The Kier molecular flexibility index (Phi) is 2.40. The normalized spacial score (nSPS) is 18.9. The highest BCUT2D eigenvalue weighted by molar-refractivity contribution is 5.21. The Hall–Kier alpha value is -0.760. The number of furan rings is 1. The van der Waals surface area contributed by atoms with E-state index < -0.39 is 0 Å². The molecule has 2 N–H and O–H groups in total. The molecular weight excluding hydrogens is 162 g/mol. The van der Waals surface area contributed by atoms with Gasteiger partial charge in [0.1, 0.15) is 5.76 Å². The summed E-state index contributed by atoms with van der Waals surface area (Å²) in [6, 6.07) is 2.22. The topological polar surface area (TPSA) is 39.2 Å². The second-order valence-electron chi connectivity index (χ2n) is 3.94. The summed E-state index contributed by atoms with van der Waals surface area (Å²) in [7, 11) is 0. The summed E-state index contributed by atoms with van der Waals surface area (Å²) in [6.45, 7) is 2.10. The maximum Gasteiger partial charge on any atom is 0.108 e. The van der Waals surface area contributed by atoms with Crippen LogP contribution in [0.2, 0.25) is 0 Å². The smallest absolute Gasteiger partial charge is 0.108 e. The van der Waals surface area contributed by atoms with Crippen molar-refractivity contribution in [3.8, 4) is 0 Å². The first-order valence-electron chi connectivity index (χ1n) is 5.13. The van der Waals surface area contributed by atoms with Crippen molar-refractivity contribution in [1.29, 1.82) is 0 Å². The molecule has 0 saturated heterocycles. The predicted octanol–water partition coefficient (Wildman–Crippen LogP) is 2.64. The zero-order valence-electron chi connectivity index (χ0n) is 8.12. The van der Waals surface area contributed by atoms with E-state index in [4.69, 9.17) is 10.2 Å². The number of rotatable bonds is 4. The van der Waals surface area contributed by atoms with Gasteiger partial charge in [0.2, 0.25) is 0 Å². The Labute approximate surface area is 79.1 Å². The van der Waals surface area contributed by atoms with Crippen molar-refractivity contribution in [2.75, 3.05) is 0 Å². The van der Waals surface area contributed by atoms with Crippen LogP contribution in [0.15, 0.2) is 16.7 Å². The zero-order valence-corrected chi connectivity index (χ0v) is 8.12. The van der Waals surface area contributed by atoms with Crippen molar-refractivity contribution >= 4 is 0 Å². The summed E-state index contributed by atoms with van der Waals surface area (Å²) in [5.41, 5.74) is 7.31. The van der Waals surface area contributed by atoms with E-state index in [9.17, 15) is 0 Å². The van der Waals surface area contributed by atoms with E-state index in [1.165, 1.54) is 18.4 Å². The fraction of sp³-hybridized carbons (Fsp3) is 0.636. The second kappa shape index (κ2) is 3.54. The molecule has 0 aliphatic heterocycles. The standard InChI is InChI=1S/C11H17NO/c1-2-11-9(5-6-13-11)10(12)7-8-3-4-8/h5-6,8,10H,2-4,7,12H2,1H3. The van der Waals surface area contributed by atoms with Crippen LogP contribution in [0.1, 0.15) is 43.6 Å². The highest BCUT2D eigenvalue weighted by Gasteiger charge is 2.25. The second-order valence-corrected chi connectivity index (χ2v) is 3.94. The summed E-state index contributed by atoms with van der Waals surface area (Å²) in [5.74, 6) is 1.95. The van der Waals surface area contributed by atoms with Gasteiger partial charge < -0.3 is 10.2 Å². The predicted molar refractivity (Wildman–Crippen MR) is 52.4 cm³/mol. The van der Waals surface area contributed by atoms with Crippen molar-refractivity contribution in [1.82, 2.24) is 0 Å².